The van der Waals surface area contributed by atoms with E-state index in [1.807, 2.05) is 4.90 Å². The number of amides is 1. The molecule has 1 fully saturated rings. The molecule has 0 bridgehead atoms. The molecule has 6 heteroatoms. The molecular formula is C17H18FN3O2. The molecule has 1 amide bonds. The van der Waals surface area contributed by atoms with Gasteiger partial charge in [-0.1, -0.05) is 12.1 Å². The zero-order valence-electron chi connectivity index (χ0n) is 12.7. The van der Waals surface area contributed by atoms with Crippen molar-refractivity contribution in [2.45, 2.75) is 25.2 Å². The van der Waals surface area contributed by atoms with Crippen LogP contribution in [0.25, 0.3) is 0 Å². The van der Waals surface area contributed by atoms with Gasteiger partial charge in [-0.2, -0.15) is 0 Å². The molecule has 0 spiro atoms. The molecule has 3 rings (SSSR count). The van der Waals surface area contributed by atoms with Crippen LogP contribution in [0.1, 0.15) is 30.0 Å². The van der Waals surface area contributed by atoms with Crippen LogP contribution >= 0.6 is 0 Å². The van der Waals surface area contributed by atoms with Gasteiger partial charge in [-0.15, -0.1) is 0 Å². The second kappa shape index (κ2) is 6.73. The van der Waals surface area contributed by atoms with Crippen LogP contribution in [0.2, 0.25) is 0 Å². The van der Waals surface area contributed by atoms with Crippen LogP contribution in [0.5, 0.6) is 0 Å². The molecule has 1 saturated heterocycles. The number of likely N-dealkylation sites (tertiary alicyclic amines) is 1. The van der Waals surface area contributed by atoms with E-state index in [0.717, 1.165) is 24.1 Å². The zero-order chi connectivity index (χ0) is 16.2. The second-order valence-electron chi connectivity index (χ2n) is 5.81. The third kappa shape index (κ3) is 3.83. The van der Waals surface area contributed by atoms with Crippen LogP contribution in [0, 0.1) is 5.82 Å². The van der Waals surface area contributed by atoms with Gasteiger partial charge in [0.2, 0.25) is 5.91 Å². The molecule has 1 atom stereocenters. The Hall–Kier alpha value is -2.50. The van der Waals surface area contributed by atoms with Gasteiger partial charge >= 0.3 is 5.69 Å². The number of halogens is 1. The van der Waals surface area contributed by atoms with Gasteiger partial charge in [0, 0.05) is 30.9 Å². The number of carbonyl (C=O) groups is 1. The Kier molecular flexibility index (Phi) is 4.50. The summed E-state index contributed by atoms with van der Waals surface area (Å²) in [5, 5.41) is 0. The number of nitrogens with one attached hydrogen (secondary N) is 1. The summed E-state index contributed by atoms with van der Waals surface area (Å²) in [5.74, 6) is -0.157. The van der Waals surface area contributed by atoms with Gasteiger partial charge in [0.25, 0.3) is 0 Å². The smallest absolute Gasteiger partial charge is 0.342 e. The van der Waals surface area contributed by atoms with Gasteiger partial charge < -0.3 is 9.88 Å². The van der Waals surface area contributed by atoms with E-state index < -0.39 is 0 Å². The highest BCUT2D eigenvalue weighted by molar-refractivity contribution is 5.79. The normalized spacial score (nSPS) is 18.0. The molecule has 0 saturated carbocycles. The Morgan fingerprint density at radius 2 is 2.09 bits per heavy atom. The third-order valence-electron chi connectivity index (χ3n) is 4.18. The van der Waals surface area contributed by atoms with Crippen LogP contribution in [0.4, 0.5) is 4.39 Å². The number of carbonyl (C=O) groups excluding carboxylic acids is 1. The van der Waals surface area contributed by atoms with Crippen LogP contribution in [-0.2, 0) is 11.2 Å². The second-order valence-corrected chi connectivity index (χ2v) is 5.81. The quantitative estimate of drug-likeness (QED) is 0.940. The number of hydrogen-bond acceptors (Lipinski definition) is 3. The number of aromatic nitrogens is 2. The minimum Gasteiger partial charge on any atom is -0.342 e. The highest BCUT2D eigenvalue weighted by Crippen LogP contribution is 2.25. The molecule has 1 N–H and O–H groups in total. The van der Waals surface area contributed by atoms with Crippen molar-refractivity contribution in [2.24, 2.45) is 0 Å². The number of hydrogen-bond donors (Lipinski definition) is 1. The van der Waals surface area contributed by atoms with Crippen molar-refractivity contribution in [3.63, 3.8) is 0 Å². The molecule has 23 heavy (non-hydrogen) atoms. The Labute approximate surface area is 133 Å². The van der Waals surface area contributed by atoms with E-state index in [9.17, 15) is 14.0 Å². The minimum absolute atomic E-state index is 0.0257. The fourth-order valence-electron chi connectivity index (χ4n) is 2.97. The molecule has 1 aromatic heterocycles. The average molecular weight is 315 g/mol. The molecule has 5 nitrogen and oxygen atoms in total. The summed E-state index contributed by atoms with van der Waals surface area (Å²) in [6.07, 6.45) is 3.58. The van der Waals surface area contributed by atoms with Crippen LogP contribution < -0.4 is 5.69 Å². The molecule has 1 aliphatic rings. The number of benzene rings is 1. The maximum Gasteiger partial charge on any atom is 0.345 e. The first-order valence-electron chi connectivity index (χ1n) is 7.69. The SMILES string of the molecule is O=C(Cc1ccc(F)cc1)N1CCC[C@H](c2ccnc(=O)[nH]2)C1. The van der Waals surface area contributed by atoms with Crippen molar-refractivity contribution in [2.75, 3.05) is 13.1 Å². The van der Waals surface area contributed by atoms with Crippen molar-refractivity contribution in [1.29, 1.82) is 0 Å². The first-order chi connectivity index (χ1) is 11.1. The third-order valence-corrected chi connectivity index (χ3v) is 4.18. The number of aromatic amines is 1. The van der Waals surface area contributed by atoms with Gasteiger partial charge in [0.1, 0.15) is 5.82 Å². The zero-order valence-corrected chi connectivity index (χ0v) is 12.7. The average Bonchev–Trinajstić information content (AvgIpc) is 2.57. The number of piperidine rings is 1. The summed E-state index contributed by atoms with van der Waals surface area (Å²) in [6.45, 7) is 1.30. The summed E-state index contributed by atoms with van der Waals surface area (Å²) in [7, 11) is 0. The first-order valence-corrected chi connectivity index (χ1v) is 7.69. The summed E-state index contributed by atoms with van der Waals surface area (Å²) in [5.41, 5.74) is 1.26. The van der Waals surface area contributed by atoms with Gasteiger partial charge in [-0.25, -0.2) is 14.2 Å². The predicted molar refractivity (Wildman–Crippen MR) is 83.5 cm³/mol. The fourth-order valence-corrected chi connectivity index (χ4v) is 2.97. The lowest BCUT2D eigenvalue weighted by molar-refractivity contribution is -0.131. The summed E-state index contributed by atoms with van der Waals surface area (Å²) in [6, 6.07) is 7.79. The van der Waals surface area contributed by atoms with Crippen molar-refractivity contribution in [1.82, 2.24) is 14.9 Å². The van der Waals surface area contributed by atoms with Crippen LogP contribution in [0.15, 0.2) is 41.3 Å². The molecule has 120 valence electrons. The maximum atomic E-state index is 12.9. The highest BCUT2D eigenvalue weighted by Gasteiger charge is 2.25. The Bertz CT molecular complexity index is 742. The van der Waals surface area contributed by atoms with E-state index in [4.69, 9.17) is 0 Å². The molecule has 1 aliphatic heterocycles. The fraction of sp³-hybridized carbons (Fsp3) is 0.353. The van der Waals surface area contributed by atoms with Gasteiger partial charge in [-0.05, 0) is 36.6 Å². The Balaban J connectivity index is 1.67. The molecule has 0 aliphatic carbocycles. The molecule has 0 unspecified atom stereocenters. The summed E-state index contributed by atoms with van der Waals surface area (Å²) < 4.78 is 12.9. The van der Waals surface area contributed by atoms with E-state index in [1.54, 1.807) is 18.2 Å². The van der Waals surface area contributed by atoms with E-state index in [1.165, 1.54) is 18.3 Å². The first kappa shape index (κ1) is 15.4. The van der Waals surface area contributed by atoms with Crippen molar-refractivity contribution < 1.29 is 9.18 Å². The van der Waals surface area contributed by atoms with Crippen molar-refractivity contribution >= 4 is 5.91 Å². The van der Waals surface area contributed by atoms with Gasteiger partial charge in [-0.3, -0.25) is 4.79 Å². The monoisotopic (exact) mass is 315 g/mol. The van der Waals surface area contributed by atoms with Gasteiger partial charge in [0.15, 0.2) is 0 Å². The minimum atomic E-state index is -0.364. The van der Waals surface area contributed by atoms with Crippen molar-refractivity contribution in [3.05, 3.63) is 64.1 Å². The van der Waals surface area contributed by atoms with Crippen LogP contribution in [-0.4, -0.2) is 33.9 Å². The number of rotatable bonds is 3. The van der Waals surface area contributed by atoms with E-state index in [2.05, 4.69) is 9.97 Å². The molecular weight excluding hydrogens is 297 g/mol. The van der Waals surface area contributed by atoms with E-state index in [0.29, 0.717) is 13.1 Å². The molecule has 0 radical (unpaired) electrons. The lowest BCUT2D eigenvalue weighted by Crippen LogP contribution is -2.40. The summed E-state index contributed by atoms with van der Waals surface area (Å²) >= 11 is 0. The topological polar surface area (TPSA) is 66.1 Å². The van der Waals surface area contributed by atoms with Crippen molar-refractivity contribution in [3.8, 4) is 0 Å². The largest absolute Gasteiger partial charge is 0.345 e. The Morgan fingerprint density at radius 1 is 1.30 bits per heavy atom. The predicted octanol–water partition coefficient (Wildman–Crippen LogP) is 1.86. The number of H-pyrrole nitrogens is 1. The Morgan fingerprint density at radius 3 is 2.83 bits per heavy atom. The standard InChI is InChI=1S/C17H18FN3O2/c18-14-5-3-12(4-6-14)10-16(22)21-9-1-2-13(11-21)15-7-8-19-17(23)20-15/h3-8,13H,1-2,9-11H2,(H,19,20,23)/t13-/m0/s1. The molecule has 1 aromatic carbocycles. The van der Waals surface area contributed by atoms with E-state index in [-0.39, 0.29) is 29.8 Å². The lowest BCUT2D eigenvalue weighted by atomic mass is 9.94. The number of nitrogens with zero attached hydrogens (tertiary/aromatic N) is 2. The lowest BCUT2D eigenvalue weighted by Gasteiger charge is -2.32. The maximum absolute atomic E-state index is 12.9. The molecule has 2 heterocycles. The van der Waals surface area contributed by atoms with E-state index >= 15 is 0 Å². The van der Waals surface area contributed by atoms with Crippen LogP contribution in [0.3, 0.4) is 0 Å². The van der Waals surface area contributed by atoms with Gasteiger partial charge in [0.05, 0.1) is 6.42 Å². The highest BCUT2D eigenvalue weighted by atomic mass is 19.1. The molecule has 2 aromatic rings. The summed E-state index contributed by atoms with van der Waals surface area (Å²) in [4.78, 5) is 32.0.